The molecular formula is C23H29N3O3. The summed E-state index contributed by atoms with van der Waals surface area (Å²) < 4.78 is 7.62. The topological polar surface area (TPSA) is 64.4 Å². The minimum absolute atomic E-state index is 0.0853. The summed E-state index contributed by atoms with van der Waals surface area (Å²) in [6, 6.07) is 9.85. The van der Waals surface area contributed by atoms with Gasteiger partial charge in [0.25, 0.3) is 5.43 Å². The summed E-state index contributed by atoms with van der Waals surface area (Å²) in [5, 5.41) is 4.44. The van der Waals surface area contributed by atoms with Gasteiger partial charge >= 0.3 is 0 Å². The minimum atomic E-state index is -0.459. The summed E-state index contributed by atoms with van der Waals surface area (Å²) in [5.74, 6) is -0.231. The highest BCUT2D eigenvalue weighted by Gasteiger charge is 2.21. The molecule has 0 amide bonds. The molecule has 3 rings (SSSR count). The summed E-state index contributed by atoms with van der Waals surface area (Å²) >= 11 is 0. The normalized spacial score (nSPS) is 15.2. The van der Waals surface area contributed by atoms with Gasteiger partial charge in [-0.25, -0.2) is 0 Å². The lowest BCUT2D eigenvalue weighted by molar-refractivity contribution is 0.103. The first kappa shape index (κ1) is 20.8. The Bertz CT molecular complexity index is 895. The molecule has 1 saturated carbocycles. The Kier molecular flexibility index (Phi) is 7.22. The Labute approximate surface area is 171 Å². The average Bonchev–Trinajstić information content (AvgIpc) is 3.01. The second kappa shape index (κ2) is 10.0. The minimum Gasteiger partial charge on any atom is -0.483 e. The van der Waals surface area contributed by atoms with Crippen LogP contribution in [0.25, 0.3) is 0 Å². The van der Waals surface area contributed by atoms with Crippen molar-refractivity contribution in [3.63, 3.8) is 0 Å². The van der Waals surface area contributed by atoms with Crippen LogP contribution in [0.4, 0.5) is 0 Å². The lowest BCUT2D eigenvalue weighted by atomic mass is 10.1. The monoisotopic (exact) mass is 395 g/mol. The molecule has 2 aromatic rings. The van der Waals surface area contributed by atoms with E-state index in [0.29, 0.717) is 0 Å². The number of ketones is 1. The van der Waals surface area contributed by atoms with Crippen molar-refractivity contribution in [2.45, 2.75) is 51.2 Å². The molecule has 0 radical (unpaired) electrons. The van der Waals surface area contributed by atoms with Crippen LogP contribution in [0.5, 0.6) is 5.75 Å². The smallest absolute Gasteiger partial charge is 0.253 e. The summed E-state index contributed by atoms with van der Waals surface area (Å²) in [4.78, 5) is 27.3. The second-order valence-electron chi connectivity index (χ2n) is 7.71. The molecule has 6 nitrogen and oxygen atoms in total. The van der Waals surface area contributed by atoms with Gasteiger partial charge in [0.15, 0.2) is 11.4 Å². The lowest BCUT2D eigenvalue weighted by Crippen LogP contribution is -2.25. The van der Waals surface area contributed by atoms with Crippen molar-refractivity contribution in [1.29, 1.82) is 0 Å². The van der Waals surface area contributed by atoms with Crippen LogP contribution >= 0.6 is 0 Å². The zero-order chi connectivity index (χ0) is 20.6. The van der Waals surface area contributed by atoms with Gasteiger partial charge in [-0.15, -0.1) is 0 Å². The molecule has 1 aromatic heterocycles. The number of aromatic nitrogens is 2. The number of nitrogens with zero attached hydrogens (tertiary/aromatic N) is 3. The van der Waals surface area contributed by atoms with Crippen LogP contribution in [-0.2, 0) is 6.61 Å². The third kappa shape index (κ3) is 5.79. The number of benzene rings is 1. The van der Waals surface area contributed by atoms with Crippen molar-refractivity contribution >= 4 is 5.78 Å². The summed E-state index contributed by atoms with van der Waals surface area (Å²) in [5.41, 5.74) is 0.419. The molecular weight excluding hydrogens is 366 g/mol. The van der Waals surface area contributed by atoms with Gasteiger partial charge in [-0.2, -0.15) is 5.10 Å². The number of rotatable bonds is 7. The Balaban J connectivity index is 1.94. The molecule has 154 valence electrons. The summed E-state index contributed by atoms with van der Waals surface area (Å²) in [6.07, 6.45) is 11.3. The van der Waals surface area contributed by atoms with E-state index in [1.54, 1.807) is 22.0 Å². The predicted molar refractivity (Wildman–Crippen MR) is 113 cm³/mol. The standard InChI is InChI=1S/C23H29N3O3/c1-25(2)15-14-20(27)22-23(28)21(29-17-18-10-6-5-7-11-18)16-26(24-22)19-12-8-3-4-9-13-19/h5-7,10-11,14-16,19H,3-4,8-9,12-13,17H2,1-2H3/b15-14+. The Morgan fingerprint density at radius 1 is 1.17 bits per heavy atom. The van der Waals surface area contributed by atoms with Gasteiger partial charge in [0.05, 0.1) is 12.2 Å². The Morgan fingerprint density at radius 2 is 1.86 bits per heavy atom. The molecule has 29 heavy (non-hydrogen) atoms. The first-order valence-corrected chi connectivity index (χ1v) is 10.2. The largest absolute Gasteiger partial charge is 0.483 e. The highest BCUT2D eigenvalue weighted by molar-refractivity contribution is 6.02. The van der Waals surface area contributed by atoms with Crippen molar-refractivity contribution in [3.05, 3.63) is 70.3 Å². The van der Waals surface area contributed by atoms with Crippen molar-refractivity contribution in [3.8, 4) is 5.75 Å². The van der Waals surface area contributed by atoms with Gasteiger partial charge in [0.1, 0.15) is 6.61 Å². The van der Waals surface area contributed by atoms with Crippen molar-refractivity contribution in [1.82, 2.24) is 14.7 Å². The van der Waals surface area contributed by atoms with Crippen LogP contribution < -0.4 is 10.2 Å². The fourth-order valence-corrected chi connectivity index (χ4v) is 3.49. The van der Waals surface area contributed by atoms with E-state index < -0.39 is 11.2 Å². The molecule has 0 spiro atoms. The fourth-order valence-electron chi connectivity index (χ4n) is 3.49. The third-order valence-corrected chi connectivity index (χ3v) is 5.10. The Hall–Kier alpha value is -2.89. The maximum atomic E-state index is 12.9. The van der Waals surface area contributed by atoms with Crippen molar-refractivity contribution in [2.24, 2.45) is 0 Å². The predicted octanol–water partition coefficient (Wildman–Crippen LogP) is 3.98. The average molecular weight is 396 g/mol. The molecule has 1 aliphatic rings. The number of hydrogen-bond donors (Lipinski definition) is 0. The number of carbonyl (C=O) groups is 1. The first-order chi connectivity index (χ1) is 14.0. The van der Waals surface area contributed by atoms with E-state index in [4.69, 9.17) is 4.74 Å². The molecule has 0 saturated heterocycles. The maximum absolute atomic E-state index is 12.9. The van der Waals surface area contributed by atoms with Crippen LogP contribution in [0, 0.1) is 0 Å². The van der Waals surface area contributed by atoms with E-state index in [2.05, 4.69) is 5.10 Å². The van der Waals surface area contributed by atoms with Crippen LogP contribution in [0.15, 0.2) is 53.6 Å². The zero-order valence-electron chi connectivity index (χ0n) is 17.2. The zero-order valence-corrected chi connectivity index (χ0v) is 17.2. The first-order valence-electron chi connectivity index (χ1n) is 10.2. The van der Waals surface area contributed by atoms with Crippen molar-refractivity contribution in [2.75, 3.05) is 14.1 Å². The summed E-state index contributed by atoms with van der Waals surface area (Å²) in [7, 11) is 3.64. The maximum Gasteiger partial charge on any atom is 0.253 e. The molecule has 1 aromatic carbocycles. The van der Waals surface area contributed by atoms with E-state index in [9.17, 15) is 9.59 Å². The SMILES string of the molecule is CN(C)/C=C/C(=O)c1nn(C2CCCCCC2)cc(OCc2ccccc2)c1=O. The van der Waals surface area contributed by atoms with Crippen LogP contribution in [0.2, 0.25) is 0 Å². The fraction of sp³-hybridized carbons (Fsp3) is 0.435. The molecule has 1 fully saturated rings. The summed E-state index contributed by atoms with van der Waals surface area (Å²) in [6.45, 7) is 0.270. The quantitative estimate of drug-likeness (QED) is 0.403. The molecule has 0 N–H and O–H groups in total. The van der Waals surface area contributed by atoms with E-state index >= 15 is 0 Å². The van der Waals surface area contributed by atoms with Crippen LogP contribution in [0.3, 0.4) is 0 Å². The number of allylic oxidation sites excluding steroid dienone is 1. The van der Waals surface area contributed by atoms with E-state index in [-0.39, 0.29) is 24.1 Å². The molecule has 0 aliphatic heterocycles. The van der Waals surface area contributed by atoms with Gasteiger partial charge < -0.3 is 9.64 Å². The van der Waals surface area contributed by atoms with E-state index in [1.807, 2.05) is 44.4 Å². The highest BCUT2D eigenvalue weighted by atomic mass is 16.5. The molecule has 0 unspecified atom stereocenters. The molecule has 0 bridgehead atoms. The highest BCUT2D eigenvalue weighted by Crippen LogP contribution is 2.27. The van der Waals surface area contributed by atoms with Gasteiger partial charge in [-0.05, 0) is 18.4 Å². The van der Waals surface area contributed by atoms with Gasteiger partial charge in [0.2, 0.25) is 5.78 Å². The Morgan fingerprint density at radius 3 is 2.52 bits per heavy atom. The van der Waals surface area contributed by atoms with Gasteiger partial charge in [0, 0.05) is 26.4 Å². The van der Waals surface area contributed by atoms with Crippen molar-refractivity contribution < 1.29 is 9.53 Å². The number of carbonyl (C=O) groups excluding carboxylic acids is 1. The lowest BCUT2D eigenvalue weighted by Gasteiger charge is -2.19. The van der Waals surface area contributed by atoms with E-state index in [0.717, 1.165) is 31.2 Å². The van der Waals surface area contributed by atoms with Crippen LogP contribution in [0.1, 0.15) is 60.6 Å². The van der Waals surface area contributed by atoms with E-state index in [1.165, 1.54) is 18.9 Å². The third-order valence-electron chi connectivity index (χ3n) is 5.10. The van der Waals surface area contributed by atoms with Crippen LogP contribution in [-0.4, -0.2) is 34.6 Å². The molecule has 0 atom stereocenters. The molecule has 1 heterocycles. The number of hydrogen-bond acceptors (Lipinski definition) is 5. The second-order valence-corrected chi connectivity index (χ2v) is 7.71. The van der Waals surface area contributed by atoms with Gasteiger partial charge in [-0.1, -0.05) is 56.0 Å². The van der Waals surface area contributed by atoms with Gasteiger partial charge in [-0.3, -0.25) is 14.3 Å². The number of ether oxygens (including phenoxy) is 1. The molecule has 6 heteroatoms. The molecule has 1 aliphatic carbocycles.